The molecule has 21 heavy (non-hydrogen) atoms. The summed E-state index contributed by atoms with van der Waals surface area (Å²) in [6.07, 6.45) is 2.93. The largest absolute Gasteiger partial charge is 0.339 e. The Kier molecular flexibility index (Phi) is 4.05. The molecule has 0 aliphatic carbocycles. The predicted octanol–water partition coefficient (Wildman–Crippen LogP) is 2.91. The number of thiophene rings is 1. The van der Waals surface area contributed by atoms with Crippen LogP contribution in [0.1, 0.15) is 48.0 Å². The minimum atomic E-state index is 0.193. The van der Waals surface area contributed by atoms with E-state index in [4.69, 9.17) is 4.52 Å². The van der Waals surface area contributed by atoms with Crippen molar-refractivity contribution in [2.24, 2.45) is 0 Å². The minimum Gasteiger partial charge on any atom is -0.339 e. The number of hydrogen-bond acceptors (Lipinski definition) is 5. The van der Waals surface area contributed by atoms with Crippen LogP contribution in [0.5, 0.6) is 0 Å². The van der Waals surface area contributed by atoms with Crippen LogP contribution < -0.4 is 0 Å². The molecule has 3 heterocycles. The number of aromatic nitrogens is 2. The van der Waals surface area contributed by atoms with Gasteiger partial charge in [0.25, 0.3) is 0 Å². The molecule has 0 N–H and O–H groups in total. The average molecular weight is 305 g/mol. The lowest BCUT2D eigenvalue weighted by molar-refractivity contribution is -0.133. The van der Waals surface area contributed by atoms with Gasteiger partial charge in [-0.1, -0.05) is 5.16 Å². The van der Waals surface area contributed by atoms with E-state index in [2.05, 4.69) is 28.5 Å². The van der Waals surface area contributed by atoms with E-state index in [-0.39, 0.29) is 11.9 Å². The smallest absolute Gasteiger partial charge is 0.226 e. The number of carbonyl (C=O) groups excluding carboxylic acids is 1. The van der Waals surface area contributed by atoms with Gasteiger partial charge in [-0.05, 0) is 43.7 Å². The fourth-order valence-corrected chi connectivity index (χ4v) is 3.79. The fourth-order valence-electron chi connectivity index (χ4n) is 2.83. The predicted molar refractivity (Wildman–Crippen MR) is 80.1 cm³/mol. The number of carbonyl (C=O) groups is 1. The monoisotopic (exact) mass is 305 g/mol. The first-order valence-electron chi connectivity index (χ1n) is 7.30. The Hall–Kier alpha value is -1.69. The third-order valence-electron chi connectivity index (χ3n) is 3.95. The number of hydrogen-bond donors (Lipinski definition) is 0. The van der Waals surface area contributed by atoms with E-state index in [1.807, 2.05) is 4.90 Å². The Balaban J connectivity index is 1.54. The summed E-state index contributed by atoms with van der Waals surface area (Å²) in [5.41, 5.74) is 1.31. The molecule has 1 aliphatic rings. The molecule has 6 heteroatoms. The van der Waals surface area contributed by atoms with E-state index in [0.29, 0.717) is 24.6 Å². The second-order valence-electron chi connectivity index (χ2n) is 5.40. The maximum atomic E-state index is 12.4. The highest BCUT2D eigenvalue weighted by Gasteiger charge is 2.27. The van der Waals surface area contributed by atoms with Crippen molar-refractivity contribution in [2.45, 2.75) is 45.6 Å². The highest BCUT2D eigenvalue weighted by Crippen LogP contribution is 2.33. The highest BCUT2D eigenvalue weighted by molar-refractivity contribution is 7.10. The SMILES string of the molecule is Cc1noc(CCCC(=O)N2CCc3sccc3C2C)n1. The van der Waals surface area contributed by atoms with Gasteiger partial charge in [0.05, 0.1) is 6.04 Å². The first-order valence-corrected chi connectivity index (χ1v) is 8.18. The molecule has 0 fully saturated rings. The molecule has 0 radical (unpaired) electrons. The van der Waals surface area contributed by atoms with Gasteiger partial charge in [-0.3, -0.25) is 4.79 Å². The van der Waals surface area contributed by atoms with Crippen LogP contribution in [0.4, 0.5) is 0 Å². The summed E-state index contributed by atoms with van der Waals surface area (Å²) in [5.74, 6) is 1.48. The summed E-state index contributed by atoms with van der Waals surface area (Å²) in [6, 6.07) is 2.34. The van der Waals surface area contributed by atoms with Crippen molar-refractivity contribution in [1.82, 2.24) is 15.0 Å². The van der Waals surface area contributed by atoms with Gasteiger partial charge in [0.2, 0.25) is 11.8 Å². The maximum Gasteiger partial charge on any atom is 0.226 e. The van der Waals surface area contributed by atoms with Crippen molar-refractivity contribution in [1.29, 1.82) is 0 Å². The topological polar surface area (TPSA) is 59.2 Å². The van der Waals surface area contributed by atoms with Gasteiger partial charge in [-0.25, -0.2) is 0 Å². The van der Waals surface area contributed by atoms with Gasteiger partial charge in [0.15, 0.2) is 5.82 Å². The third-order valence-corrected chi connectivity index (χ3v) is 4.95. The molecule has 1 amide bonds. The van der Waals surface area contributed by atoms with E-state index in [1.165, 1.54) is 10.4 Å². The van der Waals surface area contributed by atoms with Crippen LogP contribution in [-0.2, 0) is 17.6 Å². The van der Waals surface area contributed by atoms with Gasteiger partial charge in [-0.2, -0.15) is 4.98 Å². The van der Waals surface area contributed by atoms with Crippen LogP contribution in [0.3, 0.4) is 0 Å². The van der Waals surface area contributed by atoms with Gasteiger partial charge < -0.3 is 9.42 Å². The first-order chi connectivity index (χ1) is 10.1. The Morgan fingerprint density at radius 2 is 2.43 bits per heavy atom. The molecule has 0 spiro atoms. The normalized spacial score (nSPS) is 17.8. The van der Waals surface area contributed by atoms with E-state index < -0.39 is 0 Å². The van der Waals surface area contributed by atoms with Gasteiger partial charge in [0, 0.05) is 24.3 Å². The zero-order valence-electron chi connectivity index (χ0n) is 12.3. The molecule has 0 saturated heterocycles. The van der Waals surface area contributed by atoms with E-state index in [1.54, 1.807) is 18.3 Å². The Morgan fingerprint density at radius 1 is 1.57 bits per heavy atom. The maximum absolute atomic E-state index is 12.4. The summed E-state index contributed by atoms with van der Waals surface area (Å²) in [5, 5.41) is 5.87. The van der Waals surface area contributed by atoms with Crippen LogP contribution in [0, 0.1) is 6.92 Å². The van der Waals surface area contributed by atoms with E-state index in [0.717, 1.165) is 19.4 Å². The van der Waals surface area contributed by atoms with E-state index in [9.17, 15) is 4.79 Å². The van der Waals surface area contributed by atoms with Crippen molar-refractivity contribution in [3.8, 4) is 0 Å². The average Bonchev–Trinajstić information content (AvgIpc) is 3.08. The standard InChI is InChI=1S/C15H19N3O2S/c1-10-12-7-9-21-13(12)6-8-18(10)15(19)5-3-4-14-16-11(2)17-20-14/h7,9-10H,3-6,8H2,1-2H3. The molecule has 112 valence electrons. The van der Waals surface area contributed by atoms with Crippen molar-refractivity contribution in [2.75, 3.05) is 6.54 Å². The molecule has 1 atom stereocenters. The number of nitrogens with zero attached hydrogens (tertiary/aromatic N) is 3. The molecule has 2 aromatic rings. The molecular formula is C15H19N3O2S. The van der Waals surface area contributed by atoms with Crippen molar-refractivity contribution >= 4 is 17.2 Å². The van der Waals surface area contributed by atoms with E-state index >= 15 is 0 Å². The Bertz CT molecular complexity index is 634. The summed E-state index contributed by atoms with van der Waals surface area (Å²) < 4.78 is 5.06. The minimum absolute atomic E-state index is 0.193. The summed E-state index contributed by atoms with van der Waals surface area (Å²) >= 11 is 1.79. The lowest BCUT2D eigenvalue weighted by Gasteiger charge is -2.33. The highest BCUT2D eigenvalue weighted by atomic mass is 32.1. The van der Waals surface area contributed by atoms with Gasteiger partial charge in [0.1, 0.15) is 0 Å². The van der Waals surface area contributed by atoms with Gasteiger partial charge in [-0.15, -0.1) is 11.3 Å². The molecule has 0 aromatic carbocycles. The van der Waals surface area contributed by atoms with Crippen LogP contribution in [0.2, 0.25) is 0 Å². The molecule has 2 aromatic heterocycles. The summed E-state index contributed by atoms with van der Waals surface area (Å²) in [6.45, 7) is 4.74. The molecule has 0 saturated carbocycles. The molecular weight excluding hydrogens is 286 g/mol. The van der Waals surface area contributed by atoms with Crippen molar-refractivity contribution in [3.63, 3.8) is 0 Å². The number of amides is 1. The number of rotatable bonds is 4. The lowest BCUT2D eigenvalue weighted by Crippen LogP contribution is -2.38. The molecule has 5 nitrogen and oxygen atoms in total. The van der Waals surface area contributed by atoms with Gasteiger partial charge >= 0.3 is 0 Å². The number of fused-ring (bicyclic) bond motifs is 1. The van der Waals surface area contributed by atoms with Crippen LogP contribution in [0.25, 0.3) is 0 Å². The Labute approximate surface area is 128 Å². The van der Waals surface area contributed by atoms with Crippen LogP contribution in [0.15, 0.2) is 16.0 Å². The summed E-state index contributed by atoms with van der Waals surface area (Å²) in [7, 11) is 0. The van der Waals surface area contributed by atoms with Crippen molar-refractivity contribution in [3.05, 3.63) is 33.6 Å². The van der Waals surface area contributed by atoms with Crippen molar-refractivity contribution < 1.29 is 9.32 Å². The first kappa shape index (κ1) is 14.3. The van der Waals surface area contributed by atoms with Crippen LogP contribution in [-0.4, -0.2) is 27.5 Å². The molecule has 1 unspecified atom stereocenters. The van der Waals surface area contributed by atoms with Crippen LogP contribution >= 0.6 is 11.3 Å². The lowest BCUT2D eigenvalue weighted by atomic mass is 10.0. The molecule has 1 aliphatic heterocycles. The second kappa shape index (κ2) is 5.97. The quantitative estimate of drug-likeness (QED) is 0.871. The fraction of sp³-hybridized carbons (Fsp3) is 0.533. The molecule has 3 rings (SSSR count). The summed E-state index contributed by atoms with van der Waals surface area (Å²) in [4.78, 5) is 20.0. The Morgan fingerprint density at radius 3 is 3.19 bits per heavy atom. The number of aryl methyl sites for hydroxylation is 2. The molecule has 0 bridgehead atoms. The zero-order valence-corrected chi connectivity index (χ0v) is 13.2. The third kappa shape index (κ3) is 3.00. The second-order valence-corrected chi connectivity index (χ2v) is 6.40. The zero-order chi connectivity index (χ0) is 14.8.